The third-order valence-electron chi connectivity index (χ3n) is 10.1. The Morgan fingerprint density at radius 2 is 1.25 bits per heavy atom. The number of esters is 1. The Labute approximate surface area is 220 Å². The van der Waals surface area contributed by atoms with E-state index in [-0.39, 0.29) is 17.7 Å². The summed E-state index contributed by atoms with van der Waals surface area (Å²) in [4.78, 5) is 12.8. The van der Waals surface area contributed by atoms with Crippen LogP contribution in [-0.4, -0.2) is 5.97 Å². The SMILES string of the molecule is CCCC1CCC(CCc2ccc(OC(=O)C3CCC(C4CCC(CCC)CC4)CC3)cc2F)CC1. The van der Waals surface area contributed by atoms with Crippen LogP contribution in [-0.2, 0) is 11.2 Å². The van der Waals surface area contributed by atoms with E-state index >= 15 is 0 Å². The van der Waals surface area contributed by atoms with Crippen molar-refractivity contribution in [1.82, 2.24) is 0 Å². The molecular formula is C33H51FO2. The van der Waals surface area contributed by atoms with Gasteiger partial charge in [-0.25, -0.2) is 4.39 Å². The highest BCUT2D eigenvalue weighted by Crippen LogP contribution is 2.42. The molecule has 3 heteroatoms. The van der Waals surface area contributed by atoms with Gasteiger partial charge in [0.1, 0.15) is 11.6 Å². The molecule has 0 unspecified atom stereocenters. The Balaban J connectivity index is 1.17. The molecule has 4 rings (SSSR count). The number of benzene rings is 1. The van der Waals surface area contributed by atoms with Crippen LogP contribution in [0.25, 0.3) is 0 Å². The number of halogens is 1. The van der Waals surface area contributed by atoms with Crippen LogP contribution in [0.15, 0.2) is 18.2 Å². The average molecular weight is 499 g/mol. The fourth-order valence-electron chi connectivity index (χ4n) is 7.75. The molecule has 3 aliphatic carbocycles. The van der Waals surface area contributed by atoms with Crippen molar-refractivity contribution in [1.29, 1.82) is 0 Å². The maximum absolute atomic E-state index is 14.8. The van der Waals surface area contributed by atoms with Crippen molar-refractivity contribution >= 4 is 5.97 Å². The molecule has 0 bridgehead atoms. The minimum Gasteiger partial charge on any atom is -0.426 e. The number of ether oxygens (including phenoxy) is 1. The first-order chi connectivity index (χ1) is 17.6. The summed E-state index contributed by atoms with van der Waals surface area (Å²) in [5.74, 6) is 4.22. The maximum atomic E-state index is 14.8. The quantitative estimate of drug-likeness (QED) is 0.237. The van der Waals surface area contributed by atoms with E-state index in [1.54, 1.807) is 6.07 Å². The van der Waals surface area contributed by atoms with Crippen molar-refractivity contribution in [3.63, 3.8) is 0 Å². The summed E-state index contributed by atoms with van der Waals surface area (Å²) in [6, 6.07) is 5.08. The first kappa shape index (κ1) is 27.6. The molecule has 0 aromatic heterocycles. The molecule has 0 radical (unpaired) electrons. The molecule has 0 spiro atoms. The van der Waals surface area contributed by atoms with Crippen molar-refractivity contribution in [2.24, 2.45) is 35.5 Å². The lowest BCUT2D eigenvalue weighted by atomic mass is 9.69. The summed E-state index contributed by atoms with van der Waals surface area (Å²) >= 11 is 0. The monoisotopic (exact) mass is 498 g/mol. The molecule has 0 saturated heterocycles. The zero-order valence-electron chi connectivity index (χ0n) is 23.1. The molecular weight excluding hydrogens is 447 g/mol. The highest BCUT2D eigenvalue weighted by atomic mass is 19.1. The van der Waals surface area contributed by atoms with E-state index in [9.17, 15) is 9.18 Å². The number of hydrogen-bond donors (Lipinski definition) is 0. The van der Waals surface area contributed by atoms with E-state index < -0.39 is 0 Å². The molecule has 202 valence electrons. The van der Waals surface area contributed by atoms with Gasteiger partial charge in [0, 0.05) is 6.07 Å². The Morgan fingerprint density at radius 3 is 1.78 bits per heavy atom. The maximum Gasteiger partial charge on any atom is 0.314 e. The van der Waals surface area contributed by atoms with Crippen LogP contribution in [0.2, 0.25) is 0 Å². The van der Waals surface area contributed by atoms with E-state index in [2.05, 4.69) is 13.8 Å². The van der Waals surface area contributed by atoms with E-state index in [0.717, 1.165) is 73.7 Å². The van der Waals surface area contributed by atoms with E-state index in [4.69, 9.17) is 4.74 Å². The molecule has 0 amide bonds. The first-order valence-electron chi connectivity index (χ1n) is 15.6. The lowest BCUT2D eigenvalue weighted by Crippen LogP contribution is -2.30. The Hall–Kier alpha value is -1.38. The predicted octanol–water partition coefficient (Wildman–Crippen LogP) is 9.68. The average Bonchev–Trinajstić information content (AvgIpc) is 2.90. The lowest BCUT2D eigenvalue weighted by molar-refractivity contribution is -0.140. The summed E-state index contributed by atoms with van der Waals surface area (Å²) in [5, 5.41) is 0. The van der Waals surface area contributed by atoms with Gasteiger partial charge < -0.3 is 4.74 Å². The standard InChI is InChI=1S/C33H51FO2/c1-3-5-24-7-9-26(10-8-24)13-16-29-21-22-31(23-32(29)34)36-33(35)30-19-17-28(18-20-30)27-14-11-25(6-4-2)12-15-27/h21-28,30H,3-20H2,1-2H3. The highest BCUT2D eigenvalue weighted by molar-refractivity contribution is 5.75. The van der Waals surface area contributed by atoms with Crippen molar-refractivity contribution in [3.05, 3.63) is 29.6 Å². The van der Waals surface area contributed by atoms with Crippen LogP contribution in [0.1, 0.15) is 129 Å². The van der Waals surface area contributed by atoms with Gasteiger partial charge in [0.05, 0.1) is 5.92 Å². The van der Waals surface area contributed by atoms with Gasteiger partial charge >= 0.3 is 5.97 Å². The van der Waals surface area contributed by atoms with Crippen LogP contribution >= 0.6 is 0 Å². The molecule has 1 aromatic carbocycles. The zero-order chi connectivity index (χ0) is 25.3. The van der Waals surface area contributed by atoms with Gasteiger partial charge in [-0.1, -0.05) is 84.1 Å². The second-order valence-corrected chi connectivity index (χ2v) is 12.6. The van der Waals surface area contributed by atoms with Gasteiger partial charge in [-0.3, -0.25) is 4.79 Å². The number of carbonyl (C=O) groups excluding carboxylic acids is 1. The topological polar surface area (TPSA) is 26.3 Å². The first-order valence-corrected chi connectivity index (χ1v) is 15.6. The minimum atomic E-state index is -0.220. The summed E-state index contributed by atoms with van der Waals surface area (Å²) in [6.07, 6.45) is 22.2. The van der Waals surface area contributed by atoms with Gasteiger partial charge in [0.2, 0.25) is 0 Å². The fraction of sp³-hybridized carbons (Fsp3) is 0.788. The second-order valence-electron chi connectivity index (χ2n) is 12.6. The van der Waals surface area contributed by atoms with Crippen LogP contribution in [0.4, 0.5) is 4.39 Å². The summed E-state index contributed by atoms with van der Waals surface area (Å²) in [5.41, 5.74) is 0.764. The predicted molar refractivity (Wildman–Crippen MR) is 147 cm³/mol. The third-order valence-corrected chi connectivity index (χ3v) is 10.1. The summed E-state index contributed by atoms with van der Waals surface area (Å²) in [6.45, 7) is 4.58. The largest absolute Gasteiger partial charge is 0.426 e. The zero-order valence-corrected chi connectivity index (χ0v) is 23.1. The van der Waals surface area contributed by atoms with E-state index in [0.29, 0.717) is 5.75 Å². The molecule has 0 atom stereocenters. The van der Waals surface area contributed by atoms with Gasteiger partial charge in [0.25, 0.3) is 0 Å². The van der Waals surface area contributed by atoms with Crippen molar-refractivity contribution < 1.29 is 13.9 Å². The molecule has 3 saturated carbocycles. The molecule has 3 fully saturated rings. The van der Waals surface area contributed by atoms with Crippen molar-refractivity contribution in [3.8, 4) is 5.75 Å². The van der Waals surface area contributed by atoms with Crippen molar-refractivity contribution in [2.75, 3.05) is 0 Å². The summed E-state index contributed by atoms with van der Waals surface area (Å²) < 4.78 is 20.5. The molecule has 0 N–H and O–H groups in total. The molecule has 3 aliphatic rings. The second kappa shape index (κ2) is 14.0. The van der Waals surface area contributed by atoms with Crippen LogP contribution in [0, 0.1) is 41.3 Å². The van der Waals surface area contributed by atoms with Gasteiger partial charge in [-0.05, 0) is 92.6 Å². The molecule has 1 aromatic rings. The summed E-state index contributed by atoms with van der Waals surface area (Å²) in [7, 11) is 0. The van der Waals surface area contributed by atoms with Crippen LogP contribution in [0.3, 0.4) is 0 Å². The van der Waals surface area contributed by atoms with Crippen LogP contribution < -0.4 is 4.74 Å². The third kappa shape index (κ3) is 7.81. The molecule has 0 aliphatic heterocycles. The minimum absolute atomic E-state index is 0.0248. The fourth-order valence-corrected chi connectivity index (χ4v) is 7.75. The number of carbonyl (C=O) groups is 1. The normalized spacial score (nSPS) is 31.2. The Bertz CT molecular complexity index is 796. The van der Waals surface area contributed by atoms with Gasteiger partial charge in [0.15, 0.2) is 0 Å². The molecule has 0 heterocycles. The highest BCUT2D eigenvalue weighted by Gasteiger charge is 2.33. The van der Waals surface area contributed by atoms with Crippen molar-refractivity contribution in [2.45, 2.75) is 129 Å². The lowest BCUT2D eigenvalue weighted by Gasteiger charge is -2.37. The Morgan fingerprint density at radius 1 is 0.750 bits per heavy atom. The van der Waals surface area contributed by atoms with E-state index in [1.165, 1.54) is 83.1 Å². The Kier molecular flexibility index (Phi) is 10.7. The smallest absolute Gasteiger partial charge is 0.314 e. The molecule has 2 nitrogen and oxygen atoms in total. The molecule has 36 heavy (non-hydrogen) atoms. The number of hydrogen-bond acceptors (Lipinski definition) is 2. The van der Waals surface area contributed by atoms with E-state index in [1.807, 2.05) is 6.07 Å². The number of rotatable bonds is 10. The van der Waals surface area contributed by atoms with Gasteiger partial charge in [-0.2, -0.15) is 0 Å². The van der Waals surface area contributed by atoms with Crippen LogP contribution in [0.5, 0.6) is 5.75 Å². The number of aryl methyl sites for hydroxylation is 1. The van der Waals surface area contributed by atoms with Gasteiger partial charge in [-0.15, -0.1) is 0 Å².